The largest absolute Gasteiger partial charge is 0.352 e. The molecule has 3 rings (SSSR count). The van der Waals surface area contributed by atoms with Crippen molar-refractivity contribution in [1.82, 2.24) is 10.2 Å². The number of carbonyl (C=O) groups excluding carboxylic acids is 1. The molecule has 1 saturated heterocycles. The van der Waals surface area contributed by atoms with Crippen molar-refractivity contribution in [3.05, 3.63) is 60.2 Å². The highest BCUT2D eigenvalue weighted by atomic mass is 16.1. The highest BCUT2D eigenvalue weighted by Crippen LogP contribution is 2.29. The zero-order valence-electron chi connectivity index (χ0n) is 16.5. The summed E-state index contributed by atoms with van der Waals surface area (Å²) in [6.07, 6.45) is 3.53. The first-order valence-corrected chi connectivity index (χ1v) is 10.1. The average molecular weight is 366 g/mol. The lowest BCUT2D eigenvalue weighted by atomic mass is 10.1. The van der Waals surface area contributed by atoms with Gasteiger partial charge in [0.2, 0.25) is 0 Å². The molecule has 1 aliphatic heterocycles. The molecule has 2 aromatic carbocycles. The summed E-state index contributed by atoms with van der Waals surface area (Å²) in [6.45, 7) is 8.44. The number of anilines is 2. The highest BCUT2D eigenvalue weighted by molar-refractivity contribution is 5.95. The van der Waals surface area contributed by atoms with Crippen molar-refractivity contribution >= 4 is 17.3 Å². The number of benzene rings is 2. The van der Waals surface area contributed by atoms with E-state index in [1.807, 2.05) is 24.3 Å². The first-order valence-electron chi connectivity index (χ1n) is 10.1. The molecule has 4 heteroatoms. The zero-order valence-corrected chi connectivity index (χ0v) is 16.5. The number of likely N-dealkylation sites (tertiary alicyclic amines) is 1. The number of nitrogens with zero attached hydrogens (tertiary/aromatic N) is 2. The summed E-state index contributed by atoms with van der Waals surface area (Å²) in [4.78, 5) is 17.3. The third-order valence-electron chi connectivity index (χ3n) is 5.12. The predicted molar refractivity (Wildman–Crippen MR) is 113 cm³/mol. The molecule has 1 N–H and O–H groups in total. The second kappa shape index (κ2) is 9.56. The number of carbonyl (C=O) groups is 1. The molecule has 1 unspecified atom stereocenters. The molecular formula is C23H31N3O. The fraction of sp³-hybridized carbons (Fsp3) is 0.435. The highest BCUT2D eigenvalue weighted by Gasteiger charge is 2.22. The summed E-state index contributed by atoms with van der Waals surface area (Å²) >= 11 is 0. The van der Waals surface area contributed by atoms with Crippen molar-refractivity contribution in [1.29, 1.82) is 0 Å². The van der Waals surface area contributed by atoms with Crippen LogP contribution >= 0.6 is 0 Å². The number of rotatable bonds is 8. The van der Waals surface area contributed by atoms with Gasteiger partial charge in [0.05, 0.1) is 0 Å². The number of hydrogen-bond acceptors (Lipinski definition) is 3. The third-order valence-corrected chi connectivity index (χ3v) is 5.12. The van der Waals surface area contributed by atoms with Crippen LogP contribution in [0.15, 0.2) is 54.6 Å². The zero-order chi connectivity index (χ0) is 19.1. The molecule has 0 saturated carbocycles. The van der Waals surface area contributed by atoms with E-state index in [0.717, 1.165) is 29.9 Å². The van der Waals surface area contributed by atoms with Gasteiger partial charge in [-0.3, -0.25) is 4.79 Å². The van der Waals surface area contributed by atoms with Gasteiger partial charge in [0, 0.05) is 36.1 Å². The minimum Gasteiger partial charge on any atom is -0.352 e. The minimum absolute atomic E-state index is 0.00101. The van der Waals surface area contributed by atoms with E-state index in [4.69, 9.17) is 0 Å². The van der Waals surface area contributed by atoms with Crippen LogP contribution in [0.5, 0.6) is 0 Å². The molecule has 0 aromatic heterocycles. The molecule has 0 bridgehead atoms. The van der Waals surface area contributed by atoms with E-state index in [2.05, 4.69) is 59.3 Å². The van der Waals surface area contributed by atoms with Gasteiger partial charge >= 0.3 is 0 Å². The second-order valence-electron chi connectivity index (χ2n) is 7.37. The van der Waals surface area contributed by atoms with Crippen LogP contribution in [-0.4, -0.2) is 43.0 Å². The lowest BCUT2D eigenvalue weighted by Gasteiger charge is -2.34. The molecule has 1 aliphatic rings. The summed E-state index contributed by atoms with van der Waals surface area (Å²) in [7, 11) is 0. The van der Waals surface area contributed by atoms with Gasteiger partial charge in [-0.2, -0.15) is 0 Å². The SMILES string of the molecule is CCCNC(=O)c1cccc(N(c2ccccc2)C(C)CN2CCCC2)c1. The van der Waals surface area contributed by atoms with E-state index in [1.165, 1.54) is 25.9 Å². The van der Waals surface area contributed by atoms with Gasteiger partial charge in [-0.05, 0) is 69.6 Å². The maximum Gasteiger partial charge on any atom is 0.251 e. The summed E-state index contributed by atoms with van der Waals surface area (Å²) in [6, 6.07) is 18.8. The molecule has 1 heterocycles. The first kappa shape index (κ1) is 19.4. The van der Waals surface area contributed by atoms with E-state index >= 15 is 0 Å². The van der Waals surface area contributed by atoms with E-state index < -0.39 is 0 Å². The lowest BCUT2D eigenvalue weighted by Crippen LogP contribution is -2.39. The van der Waals surface area contributed by atoms with Crippen molar-refractivity contribution < 1.29 is 4.79 Å². The Bertz CT molecular complexity index is 725. The average Bonchev–Trinajstić information content (AvgIpc) is 3.20. The Morgan fingerprint density at radius 1 is 1.07 bits per heavy atom. The summed E-state index contributed by atoms with van der Waals surface area (Å²) in [5, 5.41) is 2.98. The van der Waals surface area contributed by atoms with Gasteiger partial charge in [0.25, 0.3) is 5.91 Å². The standard InChI is InChI=1S/C23H31N3O/c1-3-14-24-23(27)20-10-9-13-22(17-20)26(21-11-5-4-6-12-21)19(2)18-25-15-7-8-16-25/h4-6,9-13,17,19H,3,7-8,14-16,18H2,1-2H3,(H,24,27). The number of amides is 1. The Morgan fingerprint density at radius 3 is 2.48 bits per heavy atom. The molecule has 2 aromatic rings. The molecular weight excluding hydrogens is 334 g/mol. The van der Waals surface area contributed by atoms with Crippen LogP contribution in [0, 0.1) is 0 Å². The monoisotopic (exact) mass is 365 g/mol. The molecule has 0 radical (unpaired) electrons. The van der Waals surface area contributed by atoms with Crippen LogP contribution in [0.2, 0.25) is 0 Å². The van der Waals surface area contributed by atoms with Crippen molar-refractivity contribution in [3.63, 3.8) is 0 Å². The molecule has 1 fully saturated rings. The van der Waals surface area contributed by atoms with E-state index in [9.17, 15) is 4.79 Å². The van der Waals surface area contributed by atoms with Gasteiger partial charge in [0.15, 0.2) is 0 Å². The molecule has 144 valence electrons. The fourth-order valence-corrected chi connectivity index (χ4v) is 3.80. The van der Waals surface area contributed by atoms with Crippen LogP contribution in [-0.2, 0) is 0 Å². The van der Waals surface area contributed by atoms with Crippen molar-refractivity contribution in [2.45, 2.75) is 39.2 Å². The Labute approximate surface area is 163 Å². The summed E-state index contributed by atoms with van der Waals surface area (Å²) < 4.78 is 0. The Kier molecular flexibility index (Phi) is 6.88. The fourth-order valence-electron chi connectivity index (χ4n) is 3.80. The Balaban J connectivity index is 1.87. The number of nitrogens with one attached hydrogen (secondary N) is 1. The second-order valence-corrected chi connectivity index (χ2v) is 7.37. The maximum absolute atomic E-state index is 12.4. The lowest BCUT2D eigenvalue weighted by molar-refractivity contribution is 0.0953. The number of hydrogen-bond donors (Lipinski definition) is 1. The van der Waals surface area contributed by atoms with Crippen LogP contribution in [0.4, 0.5) is 11.4 Å². The van der Waals surface area contributed by atoms with E-state index in [0.29, 0.717) is 12.6 Å². The van der Waals surface area contributed by atoms with Crippen LogP contribution in [0.25, 0.3) is 0 Å². The Morgan fingerprint density at radius 2 is 1.78 bits per heavy atom. The normalized spacial score (nSPS) is 15.5. The smallest absolute Gasteiger partial charge is 0.251 e. The summed E-state index contributed by atoms with van der Waals surface area (Å²) in [5.41, 5.74) is 2.95. The molecule has 1 atom stereocenters. The van der Waals surface area contributed by atoms with Gasteiger partial charge in [0.1, 0.15) is 0 Å². The van der Waals surface area contributed by atoms with Gasteiger partial charge in [-0.25, -0.2) is 0 Å². The predicted octanol–water partition coefficient (Wildman–Crippen LogP) is 4.45. The first-order chi connectivity index (χ1) is 13.2. The van der Waals surface area contributed by atoms with Gasteiger partial charge in [-0.15, -0.1) is 0 Å². The molecule has 0 aliphatic carbocycles. The van der Waals surface area contributed by atoms with Crippen molar-refractivity contribution in [2.24, 2.45) is 0 Å². The molecule has 27 heavy (non-hydrogen) atoms. The molecule has 4 nitrogen and oxygen atoms in total. The third kappa shape index (κ3) is 5.10. The Hall–Kier alpha value is -2.33. The van der Waals surface area contributed by atoms with E-state index in [-0.39, 0.29) is 5.91 Å². The van der Waals surface area contributed by atoms with Crippen molar-refractivity contribution in [2.75, 3.05) is 31.1 Å². The molecule has 0 spiro atoms. The van der Waals surface area contributed by atoms with Crippen LogP contribution in [0.1, 0.15) is 43.5 Å². The number of para-hydroxylation sites is 1. The van der Waals surface area contributed by atoms with Crippen LogP contribution in [0.3, 0.4) is 0 Å². The maximum atomic E-state index is 12.4. The van der Waals surface area contributed by atoms with Crippen LogP contribution < -0.4 is 10.2 Å². The molecule has 1 amide bonds. The minimum atomic E-state index is -0.00101. The van der Waals surface area contributed by atoms with Crippen molar-refractivity contribution in [3.8, 4) is 0 Å². The summed E-state index contributed by atoms with van der Waals surface area (Å²) in [5.74, 6) is -0.00101. The topological polar surface area (TPSA) is 35.6 Å². The van der Waals surface area contributed by atoms with Gasteiger partial charge in [-0.1, -0.05) is 31.2 Å². The van der Waals surface area contributed by atoms with E-state index in [1.54, 1.807) is 0 Å². The van der Waals surface area contributed by atoms with Gasteiger partial charge < -0.3 is 15.1 Å². The quantitative estimate of drug-likeness (QED) is 0.751.